The number of nitro benzene ring substituents is 1. The van der Waals surface area contributed by atoms with Gasteiger partial charge in [-0.1, -0.05) is 46.3 Å². The number of benzene rings is 3. The van der Waals surface area contributed by atoms with Crippen LogP contribution >= 0.6 is 15.9 Å². The fraction of sp³-hybridized carbons (Fsp3) is 0.125. The highest BCUT2D eigenvalue weighted by molar-refractivity contribution is 9.10. The van der Waals surface area contributed by atoms with Crippen LogP contribution in [0.1, 0.15) is 38.8 Å². The van der Waals surface area contributed by atoms with Gasteiger partial charge < -0.3 is 18.5 Å². The van der Waals surface area contributed by atoms with Crippen LogP contribution in [0.25, 0.3) is 5.69 Å². The van der Waals surface area contributed by atoms with Crippen molar-refractivity contribution < 1.29 is 23.6 Å². The number of rotatable bonds is 11. The largest absolute Gasteiger partial charge is 0.486 e. The molecule has 1 amide bonds. The van der Waals surface area contributed by atoms with E-state index in [1.807, 2.05) is 54.6 Å². The van der Waals surface area contributed by atoms with Gasteiger partial charge in [0.25, 0.3) is 0 Å². The number of nitro groups is 1. The van der Waals surface area contributed by atoms with Crippen LogP contribution in [0.4, 0.5) is 5.69 Å². The summed E-state index contributed by atoms with van der Waals surface area (Å²) in [6, 6.07) is 27.2. The number of halogens is 1. The van der Waals surface area contributed by atoms with E-state index in [-0.39, 0.29) is 30.4 Å². The van der Waals surface area contributed by atoms with Crippen LogP contribution in [-0.2, 0) is 13.2 Å². The summed E-state index contributed by atoms with van der Waals surface area (Å²) in [4.78, 5) is 23.8. The topological polar surface area (TPSA) is 121 Å². The number of aryl methyl sites for hydroxylation is 2. The summed E-state index contributed by atoms with van der Waals surface area (Å²) in [5.74, 6) is 0.575. The van der Waals surface area contributed by atoms with E-state index in [1.54, 1.807) is 12.1 Å². The van der Waals surface area contributed by atoms with Gasteiger partial charge >= 0.3 is 11.6 Å². The third kappa shape index (κ3) is 7.19. The van der Waals surface area contributed by atoms with Crippen LogP contribution in [0.2, 0.25) is 0 Å². The van der Waals surface area contributed by atoms with Gasteiger partial charge in [0.1, 0.15) is 24.7 Å². The average molecular weight is 643 g/mol. The summed E-state index contributed by atoms with van der Waals surface area (Å²) in [6.07, 6.45) is 1.28. The van der Waals surface area contributed by atoms with Crippen molar-refractivity contribution in [2.75, 3.05) is 0 Å². The minimum atomic E-state index is -0.597. The molecule has 43 heavy (non-hydrogen) atoms. The molecule has 5 aromatic rings. The molecule has 0 fully saturated rings. The molecule has 0 aliphatic carbocycles. The summed E-state index contributed by atoms with van der Waals surface area (Å²) < 4.78 is 19.9. The van der Waals surface area contributed by atoms with Gasteiger partial charge in [0.2, 0.25) is 5.75 Å². The molecule has 2 aromatic heterocycles. The van der Waals surface area contributed by atoms with Gasteiger partial charge in [-0.25, -0.2) is 5.43 Å². The van der Waals surface area contributed by atoms with Crippen molar-refractivity contribution in [1.29, 1.82) is 0 Å². The Morgan fingerprint density at radius 1 is 0.977 bits per heavy atom. The van der Waals surface area contributed by atoms with Crippen molar-refractivity contribution in [3.63, 3.8) is 0 Å². The molecule has 2 heterocycles. The van der Waals surface area contributed by atoms with Crippen LogP contribution in [0, 0.1) is 24.0 Å². The Morgan fingerprint density at radius 3 is 2.40 bits per heavy atom. The van der Waals surface area contributed by atoms with Crippen molar-refractivity contribution in [2.45, 2.75) is 27.1 Å². The lowest BCUT2D eigenvalue weighted by Crippen LogP contribution is -2.17. The lowest BCUT2D eigenvalue weighted by Gasteiger charge is -2.10. The summed E-state index contributed by atoms with van der Waals surface area (Å²) in [5, 5.41) is 15.7. The molecular weight excluding hydrogens is 616 g/mol. The van der Waals surface area contributed by atoms with Crippen molar-refractivity contribution >= 4 is 33.7 Å². The summed E-state index contributed by atoms with van der Waals surface area (Å²) in [6.45, 7) is 4.35. The van der Waals surface area contributed by atoms with E-state index in [0.29, 0.717) is 21.5 Å². The van der Waals surface area contributed by atoms with Gasteiger partial charge in [0.15, 0.2) is 5.76 Å². The highest BCUT2D eigenvalue weighted by Gasteiger charge is 2.21. The number of ether oxygens (including phenoxy) is 2. The number of carbonyl (C=O) groups is 1. The molecule has 10 nitrogen and oxygen atoms in total. The van der Waals surface area contributed by atoms with Gasteiger partial charge in [0.05, 0.1) is 11.1 Å². The van der Waals surface area contributed by atoms with E-state index in [1.165, 1.54) is 18.3 Å². The second-order valence-corrected chi connectivity index (χ2v) is 10.5. The Hall–Kier alpha value is -5.16. The molecular formula is C32H27BrN4O6. The van der Waals surface area contributed by atoms with Gasteiger partial charge in [0, 0.05) is 33.2 Å². The van der Waals surface area contributed by atoms with Crippen LogP contribution in [0.3, 0.4) is 0 Å². The normalized spacial score (nSPS) is 11.0. The first-order valence-electron chi connectivity index (χ1n) is 13.2. The molecule has 0 bridgehead atoms. The lowest BCUT2D eigenvalue weighted by atomic mass is 10.2. The fourth-order valence-electron chi connectivity index (χ4n) is 4.43. The molecule has 3 aromatic carbocycles. The van der Waals surface area contributed by atoms with Crippen molar-refractivity contribution in [3.8, 4) is 17.2 Å². The zero-order valence-electron chi connectivity index (χ0n) is 23.3. The van der Waals surface area contributed by atoms with Crippen molar-refractivity contribution in [2.24, 2.45) is 5.10 Å². The molecule has 0 aliphatic rings. The first-order chi connectivity index (χ1) is 20.8. The quantitative estimate of drug-likeness (QED) is 0.0918. The van der Waals surface area contributed by atoms with Crippen LogP contribution < -0.4 is 14.9 Å². The summed E-state index contributed by atoms with van der Waals surface area (Å²) in [5.41, 5.74) is 6.62. The number of nitrogens with one attached hydrogen (secondary N) is 1. The summed E-state index contributed by atoms with van der Waals surface area (Å²) >= 11 is 3.28. The van der Waals surface area contributed by atoms with Gasteiger partial charge in [-0.3, -0.25) is 14.9 Å². The van der Waals surface area contributed by atoms with Crippen molar-refractivity contribution in [1.82, 2.24) is 9.99 Å². The van der Waals surface area contributed by atoms with Crippen LogP contribution in [-0.4, -0.2) is 21.6 Å². The van der Waals surface area contributed by atoms with E-state index in [2.05, 4.69) is 57.0 Å². The number of furan rings is 1. The third-order valence-electron chi connectivity index (χ3n) is 6.49. The average Bonchev–Trinajstić information content (AvgIpc) is 3.62. The first kappa shape index (κ1) is 29.3. The van der Waals surface area contributed by atoms with Gasteiger partial charge in [-0.2, -0.15) is 5.10 Å². The molecule has 0 saturated heterocycles. The monoisotopic (exact) mass is 642 g/mol. The number of hydrazone groups is 1. The first-order valence-corrected chi connectivity index (χ1v) is 14.0. The number of hydrogen-bond donors (Lipinski definition) is 1. The molecule has 11 heteroatoms. The molecule has 5 rings (SSSR count). The second-order valence-electron chi connectivity index (χ2n) is 9.57. The SMILES string of the molecule is Cc1ccc(C)n1-c1ccc(OCc2ccc(C(=O)N/N=C/c3cc(Br)cc([N+](=O)[O-])c3OCc3ccccc3)o2)cc1. The molecule has 1 N–H and O–H groups in total. The molecule has 0 spiro atoms. The number of hydrogen-bond acceptors (Lipinski definition) is 7. The minimum Gasteiger partial charge on any atom is -0.486 e. The zero-order chi connectivity index (χ0) is 30.3. The second kappa shape index (κ2) is 13.2. The maximum Gasteiger partial charge on any atom is 0.312 e. The molecule has 0 radical (unpaired) electrons. The maximum atomic E-state index is 12.7. The molecule has 0 atom stereocenters. The van der Waals surface area contributed by atoms with E-state index < -0.39 is 10.8 Å². The standard InChI is InChI=1S/C32H27BrN4O6/c1-21-8-9-22(2)36(21)26-10-12-27(13-11-26)41-20-28-14-15-30(43-28)32(38)35-34-18-24-16-25(33)17-29(37(39)40)31(24)42-19-23-6-4-3-5-7-23/h3-18H,19-20H2,1-2H3,(H,35,38)/b34-18+. The Bertz CT molecular complexity index is 1760. The fourth-order valence-corrected chi connectivity index (χ4v) is 4.90. The lowest BCUT2D eigenvalue weighted by molar-refractivity contribution is -0.386. The number of aromatic nitrogens is 1. The van der Waals surface area contributed by atoms with Gasteiger partial charge in [-0.15, -0.1) is 0 Å². The molecule has 218 valence electrons. The van der Waals surface area contributed by atoms with Crippen molar-refractivity contribution in [3.05, 3.63) is 140 Å². The highest BCUT2D eigenvalue weighted by Crippen LogP contribution is 2.34. The molecule has 0 saturated carbocycles. The number of carbonyl (C=O) groups excluding carboxylic acids is 1. The van der Waals surface area contributed by atoms with E-state index in [4.69, 9.17) is 13.9 Å². The highest BCUT2D eigenvalue weighted by atomic mass is 79.9. The number of nitrogens with zero attached hydrogens (tertiary/aromatic N) is 3. The number of amides is 1. The Balaban J connectivity index is 1.21. The third-order valence-corrected chi connectivity index (χ3v) is 6.95. The molecule has 0 unspecified atom stereocenters. The molecule has 0 aliphatic heterocycles. The Morgan fingerprint density at radius 2 is 1.70 bits per heavy atom. The van der Waals surface area contributed by atoms with E-state index in [0.717, 1.165) is 22.6 Å². The van der Waals surface area contributed by atoms with Crippen LogP contribution in [0.5, 0.6) is 11.5 Å². The summed E-state index contributed by atoms with van der Waals surface area (Å²) in [7, 11) is 0. The predicted molar refractivity (Wildman–Crippen MR) is 165 cm³/mol. The maximum absolute atomic E-state index is 12.7. The Kier molecular flexibility index (Phi) is 9.02. The van der Waals surface area contributed by atoms with Gasteiger partial charge in [-0.05, 0) is 74.0 Å². The minimum absolute atomic E-state index is 0.0270. The van der Waals surface area contributed by atoms with E-state index in [9.17, 15) is 14.9 Å². The van der Waals surface area contributed by atoms with E-state index >= 15 is 0 Å². The van der Waals surface area contributed by atoms with Crippen LogP contribution in [0.15, 0.2) is 105 Å². The predicted octanol–water partition coefficient (Wildman–Crippen LogP) is 7.28. The zero-order valence-corrected chi connectivity index (χ0v) is 24.9. The Labute approximate surface area is 255 Å². The smallest absolute Gasteiger partial charge is 0.312 e.